The number of unbranched alkanes of at least 4 members (excludes halogenated alkanes) is 13. The molecule has 0 radical (unpaired) electrons. The van der Waals surface area contributed by atoms with Crippen molar-refractivity contribution in [3.8, 4) is 0 Å². The van der Waals surface area contributed by atoms with E-state index >= 15 is 0 Å². The third-order valence-electron chi connectivity index (χ3n) is 6.08. The molecule has 2 heteroatoms. The monoisotopic (exact) mass is 490 g/mol. The van der Waals surface area contributed by atoms with Crippen molar-refractivity contribution in [1.82, 2.24) is 0 Å². The van der Waals surface area contributed by atoms with Gasteiger partial charge in [-0.05, 0) is 0 Å². The second kappa shape index (κ2) is 21.5. The van der Waals surface area contributed by atoms with Gasteiger partial charge in [0.2, 0.25) is 0 Å². The van der Waals surface area contributed by atoms with Gasteiger partial charge in [-0.15, -0.1) is 0 Å². The average Bonchev–Trinajstić information content (AvgIpc) is 2.67. The van der Waals surface area contributed by atoms with Crippen LogP contribution in [-0.4, -0.2) is 25.4 Å². The zero-order valence-corrected chi connectivity index (χ0v) is 22.6. The van der Waals surface area contributed by atoms with E-state index in [4.69, 9.17) is 3.07 Å². The summed E-state index contributed by atoms with van der Waals surface area (Å²) in [5, 5.41) is 0. The first-order valence-corrected chi connectivity index (χ1v) is 20.1. The van der Waals surface area contributed by atoms with Gasteiger partial charge in [-0.2, -0.15) is 0 Å². The van der Waals surface area contributed by atoms with Gasteiger partial charge in [-0.1, -0.05) is 0 Å². The minimum atomic E-state index is -2.35. The molecule has 0 atom stereocenters. The number of rotatable bonds is 22. The van der Waals surface area contributed by atoms with Crippen LogP contribution in [0, 0.1) is 0 Å². The van der Waals surface area contributed by atoms with E-state index in [1.54, 1.807) is 0 Å². The van der Waals surface area contributed by atoms with E-state index in [9.17, 15) is 0 Å². The third kappa shape index (κ3) is 17.3. The predicted molar refractivity (Wildman–Crippen MR) is 127 cm³/mol. The number of hydrogen-bond acceptors (Lipinski definition) is 1. The Morgan fingerprint density at radius 2 is 0.815 bits per heavy atom. The van der Waals surface area contributed by atoms with Gasteiger partial charge in [0.15, 0.2) is 0 Å². The first-order valence-electron chi connectivity index (χ1n) is 12.9. The molecule has 164 valence electrons. The molecular formula is C25H54OSn. The molecule has 0 spiro atoms. The van der Waals surface area contributed by atoms with Crippen LogP contribution in [0.1, 0.15) is 137 Å². The molecule has 0 aliphatic carbocycles. The summed E-state index contributed by atoms with van der Waals surface area (Å²) in [5.74, 6) is 0. The van der Waals surface area contributed by atoms with E-state index in [1.807, 2.05) is 0 Å². The first-order chi connectivity index (χ1) is 13.2. The second-order valence-corrected chi connectivity index (χ2v) is 20.7. The Labute approximate surface area is 178 Å². The van der Waals surface area contributed by atoms with Crippen molar-refractivity contribution in [2.45, 2.75) is 150 Å². The summed E-state index contributed by atoms with van der Waals surface area (Å²) in [6.07, 6.45) is 24.0. The van der Waals surface area contributed by atoms with Crippen LogP contribution in [0.5, 0.6) is 0 Å². The van der Waals surface area contributed by atoms with Gasteiger partial charge in [0.25, 0.3) is 0 Å². The molecule has 0 unspecified atom stereocenters. The molecule has 0 aromatic rings. The Bertz CT molecular complexity index is 263. The van der Waals surface area contributed by atoms with Crippen molar-refractivity contribution in [1.29, 1.82) is 0 Å². The predicted octanol–water partition coefficient (Wildman–Crippen LogP) is 9.66. The summed E-state index contributed by atoms with van der Waals surface area (Å²) in [5.41, 5.74) is 0. The van der Waals surface area contributed by atoms with Crippen molar-refractivity contribution in [3.05, 3.63) is 0 Å². The van der Waals surface area contributed by atoms with Crippen LogP contribution in [0.2, 0.25) is 13.3 Å². The van der Waals surface area contributed by atoms with E-state index in [1.165, 1.54) is 122 Å². The Balaban J connectivity index is 4.39. The van der Waals surface area contributed by atoms with Gasteiger partial charge in [0.05, 0.1) is 0 Å². The second-order valence-electron chi connectivity index (χ2n) is 8.88. The van der Waals surface area contributed by atoms with Crippen molar-refractivity contribution in [2.24, 2.45) is 0 Å². The van der Waals surface area contributed by atoms with Gasteiger partial charge in [-0.25, -0.2) is 0 Å². The van der Waals surface area contributed by atoms with Crippen LogP contribution >= 0.6 is 0 Å². The van der Waals surface area contributed by atoms with E-state index in [0.717, 1.165) is 6.61 Å². The first kappa shape index (κ1) is 27.8. The molecule has 0 fully saturated rings. The van der Waals surface area contributed by atoms with Crippen molar-refractivity contribution < 1.29 is 3.07 Å². The fraction of sp³-hybridized carbons (Fsp3) is 1.00. The summed E-state index contributed by atoms with van der Waals surface area (Å²) in [6.45, 7) is 10.4. The van der Waals surface area contributed by atoms with Gasteiger partial charge in [0.1, 0.15) is 0 Å². The average molecular weight is 489 g/mol. The number of hydrogen-bond donors (Lipinski definition) is 0. The quantitative estimate of drug-likeness (QED) is 0.109. The maximum absolute atomic E-state index is 6.88. The van der Waals surface area contributed by atoms with Gasteiger partial charge in [-0.3, -0.25) is 0 Å². The van der Waals surface area contributed by atoms with E-state index in [0.29, 0.717) is 0 Å². The van der Waals surface area contributed by atoms with Crippen LogP contribution in [0.4, 0.5) is 0 Å². The molecule has 0 saturated carbocycles. The molecular weight excluding hydrogens is 435 g/mol. The molecule has 0 aromatic carbocycles. The molecule has 0 aliphatic rings. The Hall–Kier alpha value is 0.759. The molecule has 0 bridgehead atoms. The van der Waals surface area contributed by atoms with Crippen molar-refractivity contribution in [3.63, 3.8) is 0 Å². The summed E-state index contributed by atoms with van der Waals surface area (Å²) in [7, 11) is 0. The zero-order valence-electron chi connectivity index (χ0n) is 19.8. The standard InChI is InChI=1S/2C8H17.C6H13O.C3H7.Sn/c2*1-3-5-7-8-6-4-2;1-2-3-4-5-6-7;1-3-2;/h2*1,3-8H2,2H3;2-6H2,1H3;1,3H2,2H3;/q;;-1;;+1. The van der Waals surface area contributed by atoms with Crippen molar-refractivity contribution >= 4 is 18.8 Å². The molecule has 0 amide bonds. The molecule has 0 rings (SSSR count). The van der Waals surface area contributed by atoms with Crippen molar-refractivity contribution in [2.75, 3.05) is 6.61 Å². The Morgan fingerprint density at radius 1 is 0.407 bits per heavy atom. The molecule has 0 heterocycles. The van der Waals surface area contributed by atoms with Gasteiger partial charge < -0.3 is 0 Å². The zero-order chi connectivity index (χ0) is 20.1. The normalized spacial score (nSPS) is 12.0. The summed E-state index contributed by atoms with van der Waals surface area (Å²) >= 11 is -2.35. The molecule has 1 nitrogen and oxygen atoms in total. The Morgan fingerprint density at radius 3 is 1.26 bits per heavy atom. The minimum absolute atomic E-state index is 1.09. The van der Waals surface area contributed by atoms with Gasteiger partial charge in [0, 0.05) is 0 Å². The SMILES string of the molecule is CCCCCCC[CH2][Sn]([CH2]CC)([CH2]CCCCCCC)[O]CCCCCC. The fourth-order valence-corrected chi connectivity index (χ4v) is 17.0. The van der Waals surface area contributed by atoms with Crippen LogP contribution in [0.3, 0.4) is 0 Å². The van der Waals surface area contributed by atoms with Gasteiger partial charge >= 0.3 is 179 Å². The maximum atomic E-state index is 6.88. The molecule has 0 N–H and O–H groups in total. The topological polar surface area (TPSA) is 9.23 Å². The van der Waals surface area contributed by atoms with Crippen LogP contribution < -0.4 is 0 Å². The Kier molecular flexibility index (Phi) is 22.1. The summed E-state index contributed by atoms with van der Waals surface area (Å²) < 4.78 is 11.4. The summed E-state index contributed by atoms with van der Waals surface area (Å²) in [6, 6.07) is 0. The molecule has 0 saturated heterocycles. The molecule has 0 aliphatic heterocycles. The van der Waals surface area contributed by atoms with E-state index in [2.05, 4.69) is 27.7 Å². The van der Waals surface area contributed by atoms with E-state index < -0.39 is 18.8 Å². The molecule has 0 aromatic heterocycles. The summed E-state index contributed by atoms with van der Waals surface area (Å²) in [4.78, 5) is 0. The third-order valence-corrected chi connectivity index (χ3v) is 19.7. The van der Waals surface area contributed by atoms with Crippen LogP contribution in [0.25, 0.3) is 0 Å². The fourth-order valence-electron chi connectivity index (χ4n) is 4.32. The molecule has 27 heavy (non-hydrogen) atoms. The van der Waals surface area contributed by atoms with Crippen LogP contribution in [-0.2, 0) is 3.07 Å². The van der Waals surface area contributed by atoms with Crippen LogP contribution in [0.15, 0.2) is 0 Å². The van der Waals surface area contributed by atoms with E-state index in [-0.39, 0.29) is 0 Å².